The largest absolute Gasteiger partial charge is 0.378 e. The minimum atomic E-state index is 0.277. The summed E-state index contributed by atoms with van der Waals surface area (Å²) >= 11 is 6.11. The summed E-state index contributed by atoms with van der Waals surface area (Å²) in [6, 6.07) is 8.00. The highest BCUT2D eigenvalue weighted by molar-refractivity contribution is 6.30. The summed E-state index contributed by atoms with van der Waals surface area (Å²) in [5.41, 5.74) is 7.09. The highest BCUT2D eigenvalue weighted by Gasteiger charge is 2.20. The number of hydrogen-bond donors (Lipinski definition) is 1. The number of anilines is 3. The molecule has 0 bridgehead atoms. The van der Waals surface area contributed by atoms with Crippen LogP contribution in [0.2, 0.25) is 5.02 Å². The number of nitrogens with two attached hydrogens (primary N) is 1. The van der Waals surface area contributed by atoms with Crippen LogP contribution in [-0.4, -0.2) is 72.3 Å². The Morgan fingerprint density at radius 2 is 1.74 bits per heavy atom. The first-order valence-corrected chi connectivity index (χ1v) is 9.61. The summed E-state index contributed by atoms with van der Waals surface area (Å²) in [5.74, 6) is 1.65. The minimum Gasteiger partial charge on any atom is -0.378 e. The van der Waals surface area contributed by atoms with Crippen LogP contribution >= 0.6 is 11.6 Å². The van der Waals surface area contributed by atoms with Crippen LogP contribution in [0, 0.1) is 0 Å². The molecule has 0 radical (unpaired) electrons. The van der Waals surface area contributed by atoms with E-state index in [2.05, 4.69) is 35.7 Å². The van der Waals surface area contributed by atoms with Crippen molar-refractivity contribution in [2.24, 2.45) is 0 Å². The van der Waals surface area contributed by atoms with Gasteiger partial charge in [-0.05, 0) is 18.2 Å². The highest BCUT2D eigenvalue weighted by atomic mass is 35.5. The lowest BCUT2D eigenvalue weighted by Gasteiger charge is -2.36. The lowest BCUT2D eigenvalue weighted by molar-refractivity contribution is 0.122. The van der Waals surface area contributed by atoms with Gasteiger partial charge >= 0.3 is 0 Å². The van der Waals surface area contributed by atoms with Gasteiger partial charge in [0.15, 0.2) is 0 Å². The zero-order valence-electron chi connectivity index (χ0n) is 15.2. The topological polar surface area (TPSA) is 83.6 Å². The van der Waals surface area contributed by atoms with Crippen molar-refractivity contribution < 1.29 is 4.74 Å². The average Bonchev–Trinajstić information content (AvgIpc) is 2.69. The maximum Gasteiger partial charge on any atom is 0.230 e. The molecule has 2 aliphatic heterocycles. The van der Waals surface area contributed by atoms with Crippen molar-refractivity contribution in [2.75, 3.05) is 68.0 Å². The molecule has 2 aliphatic rings. The number of ether oxygens (including phenoxy) is 1. The van der Waals surface area contributed by atoms with Crippen molar-refractivity contribution in [1.29, 1.82) is 0 Å². The Kier molecular flexibility index (Phi) is 5.56. The summed E-state index contributed by atoms with van der Waals surface area (Å²) in [7, 11) is 0. The smallest absolute Gasteiger partial charge is 0.230 e. The second-order valence-electron chi connectivity index (χ2n) is 6.75. The Labute approximate surface area is 163 Å². The van der Waals surface area contributed by atoms with E-state index in [1.807, 2.05) is 18.2 Å². The third kappa shape index (κ3) is 4.58. The molecular weight excluding hydrogens is 366 g/mol. The van der Waals surface area contributed by atoms with E-state index in [4.69, 9.17) is 22.1 Å². The van der Waals surface area contributed by atoms with Crippen molar-refractivity contribution in [1.82, 2.24) is 19.9 Å². The monoisotopic (exact) mass is 389 g/mol. The number of rotatable bonds is 4. The number of hydrogen-bond acceptors (Lipinski definition) is 8. The lowest BCUT2D eigenvalue weighted by atomic mass is 10.2. The van der Waals surface area contributed by atoms with Crippen LogP contribution in [0.3, 0.4) is 0 Å². The first kappa shape index (κ1) is 18.2. The van der Waals surface area contributed by atoms with E-state index in [0.29, 0.717) is 25.7 Å². The van der Waals surface area contributed by atoms with Crippen LogP contribution in [-0.2, 0) is 11.3 Å². The van der Waals surface area contributed by atoms with E-state index in [9.17, 15) is 0 Å². The van der Waals surface area contributed by atoms with Gasteiger partial charge in [-0.3, -0.25) is 4.90 Å². The van der Waals surface area contributed by atoms with Crippen LogP contribution in [0.5, 0.6) is 0 Å². The van der Waals surface area contributed by atoms with Crippen molar-refractivity contribution >= 4 is 29.2 Å². The standard InChI is InChI=1S/C18H24ClN7O/c19-14-2-1-3-15(12-14)25-6-4-24(5-7-25)13-16-21-17(20)23-18(22-16)26-8-10-27-11-9-26/h1-3,12H,4-11,13H2,(H2,20,21,22,23). The van der Waals surface area contributed by atoms with Crippen molar-refractivity contribution in [3.05, 3.63) is 35.1 Å². The Morgan fingerprint density at radius 1 is 0.963 bits per heavy atom. The van der Waals surface area contributed by atoms with Gasteiger partial charge in [-0.2, -0.15) is 15.0 Å². The number of benzene rings is 1. The molecule has 0 aliphatic carbocycles. The van der Waals surface area contributed by atoms with Crippen LogP contribution in [0.1, 0.15) is 5.82 Å². The molecule has 2 aromatic rings. The maximum atomic E-state index is 6.11. The predicted octanol–water partition coefficient (Wildman–Crippen LogP) is 1.27. The van der Waals surface area contributed by atoms with Crippen LogP contribution in [0.15, 0.2) is 24.3 Å². The zero-order valence-corrected chi connectivity index (χ0v) is 16.0. The third-order valence-corrected chi connectivity index (χ3v) is 5.13. The van der Waals surface area contributed by atoms with Gasteiger partial charge < -0.3 is 20.3 Å². The molecule has 27 heavy (non-hydrogen) atoms. The van der Waals surface area contributed by atoms with Gasteiger partial charge in [0.2, 0.25) is 11.9 Å². The molecule has 0 spiro atoms. The molecule has 0 unspecified atom stereocenters. The van der Waals surface area contributed by atoms with Gasteiger partial charge in [0.05, 0.1) is 19.8 Å². The fourth-order valence-electron chi connectivity index (χ4n) is 3.44. The summed E-state index contributed by atoms with van der Waals surface area (Å²) in [5, 5.41) is 0.770. The first-order chi connectivity index (χ1) is 13.2. The molecule has 144 valence electrons. The molecule has 2 N–H and O–H groups in total. The second-order valence-corrected chi connectivity index (χ2v) is 7.19. The van der Waals surface area contributed by atoms with E-state index in [0.717, 1.165) is 50.1 Å². The molecule has 3 heterocycles. The molecule has 1 aromatic carbocycles. The maximum absolute atomic E-state index is 6.11. The molecule has 2 saturated heterocycles. The SMILES string of the molecule is Nc1nc(CN2CCN(c3cccc(Cl)c3)CC2)nc(N2CCOCC2)n1. The van der Waals surface area contributed by atoms with Gasteiger partial charge in [-0.25, -0.2) is 0 Å². The molecular formula is C18H24ClN7O. The van der Waals surface area contributed by atoms with Gasteiger partial charge in [0.1, 0.15) is 5.82 Å². The lowest BCUT2D eigenvalue weighted by Crippen LogP contribution is -2.46. The van der Waals surface area contributed by atoms with Crippen LogP contribution in [0.4, 0.5) is 17.6 Å². The van der Waals surface area contributed by atoms with Gasteiger partial charge in [0, 0.05) is 50.0 Å². The molecule has 8 nitrogen and oxygen atoms in total. The second kappa shape index (κ2) is 8.24. The number of nitrogens with zero attached hydrogens (tertiary/aromatic N) is 6. The first-order valence-electron chi connectivity index (χ1n) is 9.23. The quantitative estimate of drug-likeness (QED) is 0.836. The fraction of sp³-hybridized carbons (Fsp3) is 0.500. The Bertz CT molecular complexity index is 776. The van der Waals surface area contributed by atoms with Crippen LogP contribution < -0.4 is 15.5 Å². The average molecular weight is 390 g/mol. The molecule has 1 aromatic heterocycles. The Morgan fingerprint density at radius 3 is 2.48 bits per heavy atom. The summed E-state index contributed by atoms with van der Waals surface area (Å²) in [6.07, 6.45) is 0. The molecule has 2 fully saturated rings. The van der Waals surface area contributed by atoms with E-state index in [1.165, 1.54) is 5.69 Å². The Hall–Kier alpha value is -2.16. The number of aromatic nitrogens is 3. The summed E-state index contributed by atoms with van der Waals surface area (Å²) in [6.45, 7) is 7.36. The van der Waals surface area contributed by atoms with E-state index < -0.39 is 0 Å². The molecule has 0 atom stereocenters. The normalized spacial score (nSPS) is 18.7. The van der Waals surface area contributed by atoms with Gasteiger partial charge in [-0.1, -0.05) is 17.7 Å². The third-order valence-electron chi connectivity index (χ3n) is 4.89. The number of nitrogen functional groups attached to an aromatic ring is 1. The number of piperazine rings is 1. The fourth-order valence-corrected chi connectivity index (χ4v) is 3.62. The van der Waals surface area contributed by atoms with Crippen molar-refractivity contribution in [3.8, 4) is 0 Å². The Balaban J connectivity index is 1.38. The van der Waals surface area contributed by atoms with E-state index in [1.54, 1.807) is 0 Å². The predicted molar refractivity (Wildman–Crippen MR) is 106 cm³/mol. The summed E-state index contributed by atoms with van der Waals surface area (Å²) in [4.78, 5) is 20.1. The van der Waals surface area contributed by atoms with Gasteiger partial charge in [0.25, 0.3) is 0 Å². The molecule has 0 amide bonds. The van der Waals surface area contributed by atoms with E-state index >= 15 is 0 Å². The zero-order chi connectivity index (χ0) is 18.6. The van der Waals surface area contributed by atoms with Gasteiger partial charge in [-0.15, -0.1) is 0 Å². The highest BCUT2D eigenvalue weighted by Crippen LogP contribution is 2.21. The summed E-state index contributed by atoms with van der Waals surface area (Å²) < 4.78 is 5.39. The molecule has 9 heteroatoms. The van der Waals surface area contributed by atoms with Crippen molar-refractivity contribution in [3.63, 3.8) is 0 Å². The number of halogens is 1. The molecule has 0 saturated carbocycles. The number of morpholine rings is 1. The molecule has 4 rings (SSSR count). The van der Waals surface area contributed by atoms with Crippen molar-refractivity contribution in [2.45, 2.75) is 6.54 Å². The minimum absolute atomic E-state index is 0.277. The van der Waals surface area contributed by atoms with E-state index in [-0.39, 0.29) is 5.95 Å². The van der Waals surface area contributed by atoms with Crippen LogP contribution in [0.25, 0.3) is 0 Å².